The average Bonchev–Trinajstić information content (AvgIpc) is 2.36. The van der Waals surface area contributed by atoms with Crippen LogP contribution in [0.15, 0.2) is 4.73 Å². The lowest BCUT2D eigenvalue weighted by Crippen LogP contribution is -2.03. The molecule has 0 aliphatic rings. The molecule has 0 unspecified atom stereocenters. The molecule has 0 saturated heterocycles. The van der Waals surface area contributed by atoms with E-state index in [0.717, 1.165) is 6.92 Å². The van der Waals surface area contributed by atoms with Gasteiger partial charge in [0, 0.05) is 6.92 Å². The lowest BCUT2D eigenvalue weighted by molar-refractivity contribution is -0.134. The molecule has 0 fully saturated rings. The third-order valence-corrected chi connectivity index (χ3v) is 1.37. The summed E-state index contributed by atoms with van der Waals surface area (Å²) in [5.41, 5.74) is 0. The van der Waals surface area contributed by atoms with Gasteiger partial charge in [-0.3, -0.25) is 4.79 Å². The van der Waals surface area contributed by atoms with Gasteiger partial charge in [0.25, 0.3) is 5.97 Å². The van der Waals surface area contributed by atoms with E-state index in [1.165, 1.54) is 4.68 Å². The highest BCUT2D eigenvalue weighted by Gasteiger charge is 1.97. The molecule has 0 aliphatic heterocycles. The maximum Gasteiger partial charge on any atom is 0.300 e. The molecule has 1 heterocycles. The summed E-state index contributed by atoms with van der Waals surface area (Å²) < 4.78 is 2.00. The Morgan fingerprint density at radius 3 is 2.54 bits per heavy atom. The maximum absolute atomic E-state index is 9.00. The summed E-state index contributed by atoms with van der Waals surface area (Å²) in [6.45, 7) is 1.55. The Labute approximate surface area is 82.5 Å². The number of carbonyl (C=O) groups is 1. The number of aromatic nitrogens is 4. The molecular formula is C5H9BrN4O3. The van der Waals surface area contributed by atoms with E-state index in [2.05, 4.69) is 31.5 Å². The van der Waals surface area contributed by atoms with Crippen LogP contribution in [0.5, 0.6) is 0 Å². The Hall–Kier alpha value is -1.02. The first-order valence-corrected chi connectivity index (χ1v) is 4.09. The Balaban J connectivity index is 0.000000310. The van der Waals surface area contributed by atoms with Crippen molar-refractivity contribution in [3.63, 3.8) is 0 Å². The van der Waals surface area contributed by atoms with Gasteiger partial charge in [-0.15, -0.1) is 5.10 Å². The fourth-order valence-electron chi connectivity index (χ4n) is 0.425. The number of carboxylic acid groups (broad SMARTS) is 1. The van der Waals surface area contributed by atoms with Crippen molar-refractivity contribution >= 4 is 21.9 Å². The molecule has 7 nitrogen and oxygen atoms in total. The van der Waals surface area contributed by atoms with Crippen molar-refractivity contribution < 1.29 is 15.0 Å². The third-order valence-electron chi connectivity index (χ3n) is 0.800. The number of halogens is 1. The standard InChI is InChI=1S/C3H5BrN4O.C2H4O2/c4-3-5-6-7-8(3)1-2-9;1-2(3)4/h9H,1-2H2;1H3,(H,3,4). The monoisotopic (exact) mass is 252 g/mol. The number of tetrazole rings is 1. The SMILES string of the molecule is CC(=O)O.OCCn1nnnc1Br. The molecular weight excluding hydrogens is 244 g/mol. The van der Waals surface area contributed by atoms with Gasteiger partial charge in [-0.25, -0.2) is 4.68 Å². The van der Waals surface area contributed by atoms with Crippen molar-refractivity contribution in [3.8, 4) is 0 Å². The number of aliphatic hydroxyl groups is 1. The summed E-state index contributed by atoms with van der Waals surface area (Å²) in [6, 6.07) is 0. The molecule has 0 amide bonds. The second-order valence-corrected chi connectivity index (χ2v) is 2.62. The fraction of sp³-hybridized carbons (Fsp3) is 0.600. The molecule has 1 aromatic rings. The smallest absolute Gasteiger partial charge is 0.300 e. The first-order chi connectivity index (χ1) is 6.07. The summed E-state index contributed by atoms with van der Waals surface area (Å²) in [5.74, 6) is -0.833. The van der Waals surface area contributed by atoms with Crippen LogP contribution in [-0.4, -0.2) is 43.0 Å². The zero-order valence-corrected chi connectivity index (χ0v) is 8.47. The van der Waals surface area contributed by atoms with Crippen molar-refractivity contribution in [2.45, 2.75) is 13.5 Å². The van der Waals surface area contributed by atoms with Crippen LogP contribution >= 0.6 is 15.9 Å². The zero-order chi connectivity index (χ0) is 10.3. The Morgan fingerprint density at radius 1 is 1.69 bits per heavy atom. The largest absolute Gasteiger partial charge is 0.481 e. The Morgan fingerprint density at radius 2 is 2.23 bits per heavy atom. The number of carboxylic acids is 1. The number of aliphatic hydroxyl groups excluding tert-OH is 1. The molecule has 8 heteroatoms. The van der Waals surface area contributed by atoms with Crippen LogP contribution in [0, 0.1) is 0 Å². The lowest BCUT2D eigenvalue weighted by atomic mass is 10.7. The van der Waals surface area contributed by atoms with E-state index in [0.29, 0.717) is 11.3 Å². The quantitative estimate of drug-likeness (QED) is 0.738. The number of rotatable bonds is 2. The van der Waals surface area contributed by atoms with Gasteiger partial charge in [-0.05, 0) is 26.4 Å². The summed E-state index contributed by atoms with van der Waals surface area (Å²) in [5, 5.41) is 26.3. The second kappa shape index (κ2) is 6.49. The number of nitrogens with zero attached hydrogens (tertiary/aromatic N) is 4. The molecule has 0 radical (unpaired) electrons. The molecule has 0 aliphatic carbocycles. The number of aliphatic carboxylic acids is 1. The van der Waals surface area contributed by atoms with Gasteiger partial charge < -0.3 is 10.2 Å². The normalized spacial score (nSPS) is 8.85. The third kappa shape index (κ3) is 6.17. The minimum absolute atomic E-state index is 0.0453. The first kappa shape index (κ1) is 12.0. The van der Waals surface area contributed by atoms with Crippen molar-refractivity contribution in [3.05, 3.63) is 4.73 Å². The summed E-state index contributed by atoms with van der Waals surface area (Å²) in [6.07, 6.45) is 0. The Bertz CT molecular complexity index is 260. The maximum atomic E-state index is 9.00. The Kier molecular flexibility index (Phi) is 5.98. The summed E-state index contributed by atoms with van der Waals surface area (Å²) >= 11 is 3.08. The highest BCUT2D eigenvalue weighted by atomic mass is 79.9. The van der Waals surface area contributed by atoms with Crippen LogP contribution in [0.1, 0.15) is 6.92 Å². The molecule has 74 valence electrons. The van der Waals surface area contributed by atoms with Crippen molar-refractivity contribution in [1.82, 2.24) is 20.2 Å². The molecule has 2 N–H and O–H groups in total. The fourth-order valence-corrected chi connectivity index (χ4v) is 0.745. The van der Waals surface area contributed by atoms with Gasteiger partial charge in [0.15, 0.2) is 0 Å². The molecule has 0 saturated carbocycles. The molecule has 1 aromatic heterocycles. The minimum atomic E-state index is -0.833. The van der Waals surface area contributed by atoms with Crippen LogP contribution in [0.2, 0.25) is 0 Å². The van der Waals surface area contributed by atoms with Gasteiger partial charge >= 0.3 is 0 Å². The summed E-state index contributed by atoms with van der Waals surface area (Å²) in [4.78, 5) is 9.00. The van der Waals surface area contributed by atoms with Gasteiger partial charge in [0.1, 0.15) is 0 Å². The zero-order valence-electron chi connectivity index (χ0n) is 6.88. The molecule has 0 atom stereocenters. The number of hydrogen-bond donors (Lipinski definition) is 2. The van der Waals surface area contributed by atoms with E-state index < -0.39 is 5.97 Å². The highest BCUT2D eigenvalue weighted by Crippen LogP contribution is 1.99. The average molecular weight is 253 g/mol. The highest BCUT2D eigenvalue weighted by molar-refractivity contribution is 9.10. The van der Waals surface area contributed by atoms with Crippen LogP contribution in [0.4, 0.5) is 0 Å². The van der Waals surface area contributed by atoms with Gasteiger partial charge in [0.05, 0.1) is 13.2 Å². The number of hydrogen-bond acceptors (Lipinski definition) is 5. The van der Waals surface area contributed by atoms with E-state index in [4.69, 9.17) is 15.0 Å². The molecule has 0 spiro atoms. The van der Waals surface area contributed by atoms with Gasteiger partial charge in [0.2, 0.25) is 4.73 Å². The van der Waals surface area contributed by atoms with Gasteiger partial charge in [-0.2, -0.15) is 0 Å². The van der Waals surface area contributed by atoms with E-state index in [-0.39, 0.29) is 6.61 Å². The predicted octanol–water partition coefficient (Wildman–Crippen LogP) is -0.481. The van der Waals surface area contributed by atoms with Crippen molar-refractivity contribution in [1.29, 1.82) is 0 Å². The van der Waals surface area contributed by atoms with E-state index >= 15 is 0 Å². The molecule has 13 heavy (non-hydrogen) atoms. The molecule has 1 rings (SSSR count). The van der Waals surface area contributed by atoms with Crippen LogP contribution in [0.3, 0.4) is 0 Å². The van der Waals surface area contributed by atoms with Crippen molar-refractivity contribution in [2.75, 3.05) is 6.61 Å². The lowest BCUT2D eigenvalue weighted by Gasteiger charge is -1.92. The van der Waals surface area contributed by atoms with Gasteiger partial charge in [-0.1, -0.05) is 0 Å². The second-order valence-electron chi connectivity index (χ2n) is 1.91. The summed E-state index contributed by atoms with van der Waals surface area (Å²) in [7, 11) is 0. The minimum Gasteiger partial charge on any atom is -0.481 e. The molecule has 0 aromatic carbocycles. The predicted molar refractivity (Wildman–Crippen MR) is 45.9 cm³/mol. The molecule has 0 bridgehead atoms. The first-order valence-electron chi connectivity index (χ1n) is 3.30. The topological polar surface area (TPSA) is 101 Å². The van der Waals surface area contributed by atoms with E-state index in [1.807, 2.05) is 0 Å². The van der Waals surface area contributed by atoms with Crippen LogP contribution < -0.4 is 0 Å². The van der Waals surface area contributed by atoms with E-state index in [9.17, 15) is 0 Å². The van der Waals surface area contributed by atoms with Crippen LogP contribution in [-0.2, 0) is 11.3 Å². The van der Waals surface area contributed by atoms with E-state index in [1.54, 1.807) is 0 Å². The van der Waals surface area contributed by atoms with Crippen LogP contribution in [0.25, 0.3) is 0 Å². The van der Waals surface area contributed by atoms with Crippen molar-refractivity contribution in [2.24, 2.45) is 0 Å².